The standard InChI is InChI=1S/C25H30F3NP2/c1-5-7-8-9-17(3)24(19-10-13-21(30)14-11-19)29-18(4)22-15-12-20(25(26,27)28)16-23(22)31-6-2/h5,7-17,24,31H,6,30H2,1-4H3/b7-5+,9-8+,29-18?. The number of rotatable bonds is 8. The van der Waals surface area contributed by atoms with Crippen LogP contribution in [0, 0.1) is 5.92 Å². The van der Waals surface area contributed by atoms with Gasteiger partial charge in [0.05, 0.1) is 11.6 Å². The normalized spacial score (nSPS) is 15.4. The minimum atomic E-state index is -4.34. The molecule has 6 heteroatoms. The molecule has 166 valence electrons. The van der Waals surface area contributed by atoms with Crippen LogP contribution in [0.15, 0.2) is 71.8 Å². The highest BCUT2D eigenvalue weighted by atomic mass is 31.1. The Morgan fingerprint density at radius 1 is 1.13 bits per heavy atom. The molecule has 2 aromatic carbocycles. The molecule has 0 fully saturated rings. The lowest BCUT2D eigenvalue weighted by Crippen LogP contribution is -2.17. The van der Waals surface area contributed by atoms with Crippen molar-refractivity contribution >= 4 is 34.1 Å². The Balaban J connectivity index is 2.52. The minimum absolute atomic E-state index is 0.119. The first-order valence-electron chi connectivity index (χ1n) is 10.3. The van der Waals surface area contributed by atoms with Crippen LogP contribution in [0.4, 0.5) is 13.2 Å². The van der Waals surface area contributed by atoms with Crippen LogP contribution in [0.3, 0.4) is 0 Å². The second-order valence-electron chi connectivity index (χ2n) is 7.38. The second-order valence-corrected chi connectivity index (χ2v) is 9.65. The largest absolute Gasteiger partial charge is 0.416 e. The van der Waals surface area contributed by atoms with Crippen molar-refractivity contribution in [3.05, 3.63) is 83.5 Å². The van der Waals surface area contributed by atoms with Crippen molar-refractivity contribution in [2.75, 3.05) is 6.16 Å². The van der Waals surface area contributed by atoms with Gasteiger partial charge in [0.2, 0.25) is 0 Å². The molecule has 0 N–H and O–H groups in total. The van der Waals surface area contributed by atoms with E-state index in [1.165, 1.54) is 6.07 Å². The van der Waals surface area contributed by atoms with E-state index in [1.807, 2.05) is 51.1 Å². The Kier molecular flexibility index (Phi) is 9.66. The first-order valence-corrected chi connectivity index (χ1v) is 12.1. The third-order valence-electron chi connectivity index (χ3n) is 4.93. The number of allylic oxidation sites excluding steroid dienone is 3. The van der Waals surface area contributed by atoms with E-state index in [0.717, 1.165) is 39.7 Å². The van der Waals surface area contributed by atoms with E-state index >= 15 is 0 Å². The van der Waals surface area contributed by atoms with Crippen molar-refractivity contribution in [3.63, 3.8) is 0 Å². The van der Waals surface area contributed by atoms with Crippen molar-refractivity contribution in [3.8, 4) is 0 Å². The zero-order chi connectivity index (χ0) is 23.0. The summed E-state index contributed by atoms with van der Waals surface area (Å²) in [5.74, 6) is 0.119. The summed E-state index contributed by atoms with van der Waals surface area (Å²) in [7, 11) is 2.98. The van der Waals surface area contributed by atoms with E-state index in [2.05, 4.69) is 34.4 Å². The highest BCUT2D eigenvalue weighted by molar-refractivity contribution is 7.47. The maximum Gasteiger partial charge on any atom is 0.416 e. The third-order valence-corrected chi connectivity index (χ3v) is 6.46. The Morgan fingerprint density at radius 2 is 1.81 bits per heavy atom. The molecule has 0 spiro atoms. The van der Waals surface area contributed by atoms with Crippen LogP contribution in [0.2, 0.25) is 0 Å². The molecule has 0 radical (unpaired) electrons. The molecule has 0 aliphatic heterocycles. The van der Waals surface area contributed by atoms with Crippen molar-refractivity contribution in [2.24, 2.45) is 10.9 Å². The van der Waals surface area contributed by atoms with Gasteiger partial charge in [-0.2, -0.15) is 13.2 Å². The summed E-state index contributed by atoms with van der Waals surface area (Å²) in [6.45, 7) is 7.95. The number of hydrogen-bond acceptors (Lipinski definition) is 1. The topological polar surface area (TPSA) is 12.4 Å². The molecule has 0 aliphatic rings. The van der Waals surface area contributed by atoms with Gasteiger partial charge in [-0.25, -0.2) is 0 Å². The predicted octanol–water partition coefficient (Wildman–Crippen LogP) is 6.85. The zero-order valence-electron chi connectivity index (χ0n) is 18.4. The third kappa shape index (κ3) is 7.41. The Morgan fingerprint density at radius 3 is 2.39 bits per heavy atom. The number of nitrogens with zero attached hydrogens (tertiary/aromatic N) is 1. The van der Waals surface area contributed by atoms with Crippen molar-refractivity contribution in [1.82, 2.24) is 0 Å². The number of alkyl halides is 3. The van der Waals surface area contributed by atoms with E-state index in [1.54, 1.807) is 6.07 Å². The lowest BCUT2D eigenvalue weighted by Gasteiger charge is -2.21. The monoisotopic (exact) mass is 463 g/mol. The van der Waals surface area contributed by atoms with Gasteiger partial charge in [-0.15, -0.1) is 9.24 Å². The molecule has 2 rings (SSSR count). The Labute approximate surface area is 187 Å². The molecule has 0 aromatic heterocycles. The number of halogens is 3. The number of hydrogen-bond donors (Lipinski definition) is 0. The smallest absolute Gasteiger partial charge is 0.281 e. The summed E-state index contributed by atoms with van der Waals surface area (Å²) in [4.78, 5) is 5.02. The van der Waals surface area contributed by atoms with Crippen LogP contribution in [0.5, 0.6) is 0 Å². The highest BCUT2D eigenvalue weighted by Crippen LogP contribution is 2.32. The predicted molar refractivity (Wildman–Crippen MR) is 134 cm³/mol. The van der Waals surface area contributed by atoms with E-state index < -0.39 is 11.7 Å². The van der Waals surface area contributed by atoms with Gasteiger partial charge >= 0.3 is 6.18 Å². The molecule has 4 atom stereocenters. The van der Waals surface area contributed by atoms with Gasteiger partial charge in [0, 0.05) is 17.2 Å². The lowest BCUT2D eigenvalue weighted by molar-refractivity contribution is -0.137. The van der Waals surface area contributed by atoms with Crippen molar-refractivity contribution < 1.29 is 13.2 Å². The second kappa shape index (κ2) is 11.7. The molecule has 0 bridgehead atoms. The van der Waals surface area contributed by atoms with Crippen molar-refractivity contribution in [2.45, 2.75) is 39.9 Å². The molecule has 31 heavy (non-hydrogen) atoms. The first-order chi connectivity index (χ1) is 14.7. The SMILES string of the molecule is C/C=C/C=C/C(C)C(N=C(C)c1ccc(C(F)(F)F)cc1PCC)c1ccc(P)cc1. The molecule has 0 saturated carbocycles. The average molecular weight is 463 g/mol. The van der Waals surface area contributed by atoms with Crippen LogP contribution >= 0.6 is 17.8 Å². The number of aliphatic imine (C=N–C) groups is 1. The summed E-state index contributed by atoms with van der Waals surface area (Å²) < 4.78 is 39.6. The summed E-state index contributed by atoms with van der Waals surface area (Å²) in [5.41, 5.74) is 2.03. The summed E-state index contributed by atoms with van der Waals surface area (Å²) in [6, 6.07) is 12.1. The molecular formula is C25H30F3NP2. The summed E-state index contributed by atoms with van der Waals surface area (Å²) in [5, 5.41) is 1.81. The maximum absolute atomic E-state index is 13.2. The van der Waals surface area contributed by atoms with Gasteiger partial charge in [-0.1, -0.05) is 77.1 Å². The quantitative estimate of drug-likeness (QED) is 0.231. The maximum atomic E-state index is 13.2. The van der Waals surface area contributed by atoms with Crippen LogP contribution in [-0.4, -0.2) is 11.9 Å². The molecule has 0 heterocycles. The van der Waals surface area contributed by atoms with Gasteiger partial charge in [0.15, 0.2) is 0 Å². The first kappa shape index (κ1) is 25.5. The van der Waals surface area contributed by atoms with E-state index in [0.29, 0.717) is 8.58 Å². The highest BCUT2D eigenvalue weighted by Gasteiger charge is 2.31. The fourth-order valence-corrected chi connectivity index (χ4v) is 4.58. The Hall–Kier alpha value is -1.76. The van der Waals surface area contributed by atoms with E-state index in [9.17, 15) is 13.2 Å². The molecule has 1 nitrogen and oxygen atoms in total. The van der Waals surface area contributed by atoms with Crippen LogP contribution in [0.25, 0.3) is 0 Å². The van der Waals surface area contributed by atoms with Gasteiger partial charge in [0.25, 0.3) is 0 Å². The lowest BCUT2D eigenvalue weighted by atomic mass is 9.94. The molecule has 0 saturated heterocycles. The van der Waals surface area contributed by atoms with Crippen LogP contribution in [-0.2, 0) is 6.18 Å². The van der Waals surface area contributed by atoms with E-state index in [-0.39, 0.29) is 12.0 Å². The fourth-order valence-electron chi connectivity index (χ4n) is 3.30. The zero-order valence-corrected chi connectivity index (χ0v) is 20.5. The van der Waals surface area contributed by atoms with Gasteiger partial charge in [0.1, 0.15) is 0 Å². The van der Waals surface area contributed by atoms with Crippen LogP contribution < -0.4 is 10.6 Å². The fraction of sp³-hybridized carbons (Fsp3) is 0.320. The van der Waals surface area contributed by atoms with Crippen molar-refractivity contribution in [1.29, 1.82) is 0 Å². The summed E-state index contributed by atoms with van der Waals surface area (Å²) >= 11 is 0. The summed E-state index contributed by atoms with van der Waals surface area (Å²) in [6.07, 6.45) is 4.52. The average Bonchev–Trinajstić information content (AvgIpc) is 2.72. The van der Waals surface area contributed by atoms with Gasteiger partial charge in [-0.05, 0) is 48.3 Å². The molecular weight excluding hydrogens is 433 g/mol. The van der Waals surface area contributed by atoms with Crippen LogP contribution in [0.1, 0.15) is 50.4 Å². The van der Waals surface area contributed by atoms with E-state index in [4.69, 9.17) is 4.99 Å². The molecule has 0 amide bonds. The molecule has 0 aliphatic carbocycles. The Bertz CT molecular complexity index is 944. The van der Waals surface area contributed by atoms with Gasteiger partial charge < -0.3 is 0 Å². The van der Waals surface area contributed by atoms with Gasteiger partial charge in [-0.3, -0.25) is 4.99 Å². The minimum Gasteiger partial charge on any atom is -0.281 e. The number of benzene rings is 2. The molecule has 2 aromatic rings. The molecule has 4 unspecified atom stereocenters.